The van der Waals surface area contributed by atoms with Gasteiger partial charge in [0.15, 0.2) is 0 Å². The topological polar surface area (TPSA) is 66.4 Å². The van der Waals surface area contributed by atoms with Gasteiger partial charge >= 0.3 is 5.97 Å². The van der Waals surface area contributed by atoms with Gasteiger partial charge in [0.05, 0.1) is 5.41 Å². The molecule has 1 saturated carbocycles. The second kappa shape index (κ2) is 5.84. The predicted octanol–water partition coefficient (Wildman–Crippen LogP) is 2.90. The molecule has 4 nitrogen and oxygen atoms in total. The first-order valence-corrected chi connectivity index (χ1v) is 7.14. The summed E-state index contributed by atoms with van der Waals surface area (Å²) in [6, 6.07) is 3.68. The fourth-order valence-corrected chi connectivity index (χ4v) is 2.93. The number of benzene rings is 1. The largest absolute Gasteiger partial charge is 0.481 e. The Hall–Kier alpha value is -1.91. The van der Waals surface area contributed by atoms with Crippen LogP contribution in [0.1, 0.15) is 48.5 Å². The Bertz CT molecular complexity index is 552. The van der Waals surface area contributed by atoms with Crippen LogP contribution in [0.3, 0.4) is 0 Å². The lowest BCUT2D eigenvalue weighted by atomic mass is 9.71. The van der Waals surface area contributed by atoms with E-state index in [0.29, 0.717) is 18.4 Å². The fourth-order valence-electron chi connectivity index (χ4n) is 2.93. The fraction of sp³-hybridized carbons (Fsp3) is 0.500. The van der Waals surface area contributed by atoms with E-state index in [1.54, 1.807) is 19.9 Å². The summed E-state index contributed by atoms with van der Waals surface area (Å²) in [5.74, 6) is -1.79. The Morgan fingerprint density at radius 1 is 1.33 bits per heavy atom. The van der Waals surface area contributed by atoms with E-state index in [0.717, 1.165) is 12.8 Å². The highest BCUT2D eigenvalue weighted by Gasteiger charge is 2.43. The second-order valence-corrected chi connectivity index (χ2v) is 6.01. The third-order valence-electron chi connectivity index (χ3n) is 4.31. The standard InChI is InChI=1S/C16H20FNO3/c1-10-7-11(9-12(17)8-10)14(19)18-13-5-3-4-6-16(13,2)15(20)21/h7-9,13H,3-6H2,1-2H3,(H,18,19)(H,20,21). The SMILES string of the molecule is Cc1cc(F)cc(C(=O)NC2CCCCC2(C)C(=O)O)c1. The number of carbonyl (C=O) groups is 2. The molecule has 1 aromatic carbocycles. The number of hydrogen-bond acceptors (Lipinski definition) is 2. The van der Waals surface area contributed by atoms with Crippen LogP contribution in [0.15, 0.2) is 18.2 Å². The Morgan fingerprint density at radius 3 is 2.67 bits per heavy atom. The molecule has 2 rings (SSSR count). The first-order chi connectivity index (χ1) is 9.83. The van der Waals surface area contributed by atoms with Gasteiger partial charge in [-0.25, -0.2) is 4.39 Å². The zero-order valence-electron chi connectivity index (χ0n) is 12.3. The van der Waals surface area contributed by atoms with Crippen LogP contribution in [0.2, 0.25) is 0 Å². The number of hydrogen-bond donors (Lipinski definition) is 2. The van der Waals surface area contributed by atoms with Crippen molar-refractivity contribution in [2.45, 2.75) is 45.6 Å². The number of carboxylic acid groups (broad SMARTS) is 1. The quantitative estimate of drug-likeness (QED) is 0.900. The molecule has 1 aliphatic rings. The summed E-state index contributed by atoms with van der Waals surface area (Å²) in [5, 5.41) is 12.2. The van der Waals surface area contributed by atoms with Crippen molar-refractivity contribution >= 4 is 11.9 Å². The number of amides is 1. The lowest BCUT2D eigenvalue weighted by molar-refractivity contribution is -0.151. The summed E-state index contributed by atoms with van der Waals surface area (Å²) >= 11 is 0. The molecule has 114 valence electrons. The van der Waals surface area contributed by atoms with Gasteiger partial charge in [-0.2, -0.15) is 0 Å². The molecule has 2 N–H and O–H groups in total. The van der Waals surface area contributed by atoms with E-state index < -0.39 is 29.2 Å². The number of carbonyl (C=O) groups excluding carboxylic acids is 1. The maximum absolute atomic E-state index is 13.4. The van der Waals surface area contributed by atoms with Gasteiger partial charge in [0, 0.05) is 11.6 Å². The van der Waals surface area contributed by atoms with Gasteiger partial charge in [-0.1, -0.05) is 12.8 Å². The van der Waals surface area contributed by atoms with Crippen LogP contribution >= 0.6 is 0 Å². The number of halogens is 1. The molecule has 2 unspecified atom stereocenters. The van der Waals surface area contributed by atoms with Crippen molar-refractivity contribution in [3.05, 3.63) is 35.1 Å². The minimum Gasteiger partial charge on any atom is -0.481 e. The van der Waals surface area contributed by atoms with Gasteiger partial charge in [0.2, 0.25) is 0 Å². The predicted molar refractivity (Wildman–Crippen MR) is 76.6 cm³/mol. The molecule has 1 amide bonds. The smallest absolute Gasteiger partial charge is 0.311 e. The van der Waals surface area contributed by atoms with Crippen molar-refractivity contribution < 1.29 is 19.1 Å². The van der Waals surface area contributed by atoms with Crippen LogP contribution < -0.4 is 5.32 Å². The average Bonchev–Trinajstić information content (AvgIpc) is 2.40. The van der Waals surface area contributed by atoms with E-state index in [1.807, 2.05) is 0 Å². The number of rotatable bonds is 3. The van der Waals surface area contributed by atoms with Gasteiger partial charge in [-0.15, -0.1) is 0 Å². The molecular formula is C16H20FNO3. The Morgan fingerprint density at radius 2 is 2.05 bits per heavy atom. The minimum atomic E-state index is -0.962. The highest BCUT2D eigenvalue weighted by Crippen LogP contribution is 2.36. The zero-order chi connectivity index (χ0) is 15.6. The highest BCUT2D eigenvalue weighted by atomic mass is 19.1. The van der Waals surface area contributed by atoms with Crippen molar-refractivity contribution in [1.82, 2.24) is 5.32 Å². The van der Waals surface area contributed by atoms with E-state index in [9.17, 15) is 19.1 Å². The van der Waals surface area contributed by atoms with Gasteiger partial charge in [0.1, 0.15) is 5.82 Å². The zero-order valence-corrected chi connectivity index (χ0v) is 12.3. The maximum Gasteiger partial charge on any atom is 0.311 e. The molecule has 0 radical (unpaired) electrons. The van der Waals surface area contributed by atoms with E-state index in [2.05, 4.69) is 5.32 Å². The first-order valence-electron chi connectivity index (χ1n) is 7.14. The van der Waals surface area contributed by atoms with E-state index in [1.165, 1.54) is 12.1 Å². The molecule has 0 bridgehead atoms. The Balaban J connectivity index is 2.19. The maximum atomic E-state index is 13.4. The summed E-state index contributed by atoms with van der Waals surface area (Å²) < 4.78 is 13.4. The van der Waals surface area contributed by atoms with Crippen molar-refractivity contribution in [1.29, 1.82) is 0 Å². The highest BCUT2D eigenvalue weighted by molar-refractivity contribution is 5.95. The van der Waals surface area contributed by atoms with E-state index >= 15 is 0 Å². The van der Waals surface area contributed by atoms with Crippen LogP contribution in [-0.2, 0) is 4.79 Å². The molecule has 0 spiro atoms. The Labute approximate surface area is 123 Å². The summed E-state index contributed by atoms with van der Waals surface area (Å²) in [6.45, 7) is 3.37. The lowest BCUT2D eigenvalue weighted by Gasteiger charge is -2.38. The molecule has 0 aromatic heterocycles. The molecule has 0 heterocycles. The van der Waals surface area contributed by atoms with Crippen molar-refractivity contribution in [3.63, 3.8) is 0 Å². The van der Waals surface area contributed by atoms with E-state index in [4.69, 9.17) is 0 Å². The molecular weight excluding hydrogens is 273 g/mol. The van der Waals surface area contributed by atoms with Crippen LogP contribution in [0.25, 0.3) is 0 Å². The molecule has 21 heavy (non-hydrogen) atoms. The van der Waals surface area contributed by atoms with E-state index in [-0.39, 0.29) is 5.56 Å². The molecule has 5 heteroatoms. The van der Waals surface area contributed by atoms with Crippen molar-refractivity contribution in [3.8, 4) is 0 Å². The molecule has 2 atom stereocenters. The summed E-state index contributed by atoms with van der Waals surface area (Å²) in [7, 11) is 0. The third-order valence-corrected chi connectivity index (χ3v) is 4.31. The van der Waals surface area contributed by atoms with Crippen LogP contribution in [0, 0.1) is 18.2 Å². The summed E-state index contributed by atoms with van der Waals surface area (Å²) in [4.78, 5) is 23.8. The second-order valence-electron chi connectivity index (χ2n) is 6.01. The minimum absolute atomic E-state index is 0.228. The number of aliphatic carboxylic acids is 1. The van der Waals surface area contributed by atoms with Crippen molar-refractivity contribution in [2.75, 3.05) is 0 Å². The molecule has 1 aliphatic carbocycles. The Kier molecular flexibility index (Phi) is 4.30. The van der Waals surface area contributed by atoms with Crippen LogP contribution in [0.4, 0.5) is 4.39 Å². The summed E-state index contributed by atoms with van der Waals surface area (Å²) in [6.07, 6.45) is 2.89. The lowest BCUT2D eigenvalue weighted by Crippen LogP contribution is -2.52. The van der Waals surface area contributed by atoms with Gasteiger partial charge < -0.3 is 10.4 Å². The van der Waals surface area contributed by atoms with Crippen molar-refractivity contribution in [2.24, 2.45) is 5.41 Å². The third kappa shape index (κ3) is 3.23. The molecule has 0 aliphatic heterocycles. The van der Waals surface area contributed by atoms with Crippen LogP contribution in [0.5, 0.6) is 0 Å². The first kappa shape index (κ1) is 15.5. The van der Waals surface area contributed by atoms with Gasteiger partial charge in [-0.05, 0) is 50.5 Å². The van der Waals surface area contributed by atoms with Gasteiger partial charge in [-0.3, -0.25) is 9.59 Å². The molecule has 1 fully saturated rings. The average molecular weight is 293 g/mol. The monoisotopic (exact) mass is 293 g/mol. The number of nitrogens with one attached hydrogen (secondary N) is 1. The normalized spacial score (nSPS) is 25.4. The van der Waals surface area contributed by atoms with Gasteiger partial charge in [0.25, 0.3) is 5.91 Å². The number of aryl methyl sites for hydroxylation is 1. The molecule has 0 saturated heterocycles. The molecule has 1 aromatic rings. The van der Waals surface area contributed by atoms with Crippen LogP contribution in [-0.4, -0.2) is 23.0 Å². The summed E-state index contributed by atoms with van der Waals surface area (Å²) in [5.41, 5.74) is -0.0772. The number of carboxylic acids is 1.